The lowest BCUT2D eigenvalue weighted by Crippen LogP contribution is -2.08. The lowest BCUT2D eigenvalue weighted by atomic mass is 10.1. The predicted octanol–water partition coefficient (Wildman–Crippen LogP) is 6.68. The summed E-state index contributed by atoms with van der Waals surface area (Å²) in [5.41, 5.74) is 0.790. The molecule has 0 spiro atoms. The molecule has 0 N–H and O–H groups in total. The summed E-state index contributed by atoms with van der Waals surface area (Å²) in [6, 6.07) is 7.09. The van der Waals surface area contributed by atoms with Gasteiger partial charge in [0.2, 0.25) is 0 Å². The average molecular weight is 441 g/mol. The van der Waals surface area contributed by atoms with Crippen molar-refractivity contribution >= 4 is 11.9 Å². The highest BCUT2D eigenvalue weighted by Gasteiger charge is 2.09. The van der Waals surface area contributed by atoms with E-state index in [0.29, 0.717) is 30.2 Å². The Balaban J connectivity index is 1.76. The number of esters is 2. The van der Waals surface area contributed by atoms with Crippen LogP contribution in [0.1, 0.15) is 90.9 Å². The van der Waals surface area contributed by atoms with Gasteiger partial charge in [0.1, 0.15) is 5.75 Å². The van der Waals surface area contributed by atoms with Crippen molar-refractivity contribution in [1.29, 1.82) is 0 Å². The zero-order valence-corrected chi connectivity index (χ0v) is 19.5. The summed E-state index contributed by atoms with van der Waals surface area (Å²) in [5, 5.41) is 0. The van der Waals surface area contributed by atoms with Crippen LogP contribution in [0.15, 0.2) is 36.7 Å². The van der Waals surface area contributed by atoms with Crippen LogP contribution in [0.25, 0.3) is 11.4 Å². The number of benzene rings is 1. The molecule has 1 heterocycles. The molecule has 0 atom stereocenters. The Morgan fingerprint density at radius 1 is 0.656 bits per heavy atom. The Kier molecular flexibility index (Phi) is 12.0. The van der Waals surface area contributed by atoms with Gasteiger partial charge in [0.25, 0.3) is 0 Å². The Morgan fingerprint density at radius 2 is 1.12 bits per heavy atom. The van der Waals surface area contributed by atoms with E-state index in [9.17, 15) is 9.59 Å². The van der Waals surface area contributed by atoms with E-state index >= 15 is 0 Å². The first kappa shape index (κ1) is 25.5. The summed E-state index contributed by atoms with van der Waals surface area (Å²) in [5.74, 6) is 0.906. The molecule has 1 aromatic carbocycles. The number of aromatic nitrogens is 2. The van der Waals surface area contributed by atoms with Crippen molar-refractivity contribution in [2.75, 3.05) is 0 Å². The number of carbonyl (C=O) groups is 2. The van der Waals surface area contributed by atoms with Gasteiger partial charge in [0.05, 0.1) is 12.4 Å². The second-order valence-corrected chi connectivity index (χ2v) is 8.04. The highest BCUT2D eigenvalue weighted by molar-refractivity contribution is 5.73. The van der Waals surface area contributed by atoms with Crippen molar-refractivity contribution in [1.82, 2.24) is 9.97 Å². The Hall–Kier alpha value is -2.76. The van der Waals surface area contributed by atoms with E-state index in [1.54, 1.807) is 24.3 Å². The summed E-state index contributed by atoms with van der Waals surface area (Å²) in [7, 11) is 0. The van der Waals surface area contributed by atoms with E-state index in [2.05, 4.69) is 23.8 Å². The van der Waals surface area contributed by atoms with E-state index in [1.807, 2.05) is 0 Å². The number of nitrogens with zero attached hydrogens (tertiary/aromatic N) is 2. The Labute approximate surface area is 191 Å². The summed E-state index contributed by atoms with van der Waals surface area (Å²) in [4.78, 5) is 32.4. The fraction of sp³-hybridized carbons (Fsp3) is 0.538. The van der Waals surface area contributed by atoms with E-state index in [-0.39, 0.29) is 11.9 Å². The highest BCUT2D eigenvalue weighted by atomic mass is 16.5. The van der Waals surface area contributed by atoms with Crippen molar-refractivity contribution in [2.45, 2.75) is 90.9 Å². The molecule has 0 saturated heterocycles. The Morgan fingerprint density at radius 3 is 1.62 bits per heavy atom. The molecule has 1 aromatic heterocycles. The summed E-state index contributed by atoms with van der Waals surface area (Å²) in [6.07, 6.45) is 14.8. The molecule has 2 rings (SSSR count). The van der Waals surface area contributed by atoms with Crippen LogP contribution >= 0.6 is 0 Å². The summed E-state index contributed by atoms with van der Waals surface area (Å²) >= 11 is 0. The quantitative estimate of drug-likeness (QED) is 0.175. The standard InChI is InChI=1S/C26H36N2O4/c1-3-5-7-9-11-13-24(29)31-22-17-15-21(16-18-22)26-27-19-23(20-28-26)32-25(30)14-12-10-8-6-4-2/h15-20H,3-14H2,1-2H3. The van der Waals surface area contributed by atoms with Gasteiger partial charge in [-0.1, -0.05) is 65.2 Å². The summed E-state index contributed by atoms with van der Waals surface area (Å²) < 4.78 is 10.7. The van der Waals surface area contributed by atoms with E-state index < -0.39 is 0 Å². The molecule has 174 valence electrons. The lowest BCUT2D eigenvalue weighted by Gasteiger charge is -2.07. The van der Waals surface area contributed by atoms with Crippen molar-refractivity contribution in [3.8, 4) is 22.9 Å². The zero-order valence-electron chi connectivity index (χ0n) is 19.5. The van der Waals surface area contributed by atoms with Gasteiger partial charge < -0.3 is 9.47 Å². The smallest absolute Gasteiger partial charge is 0.311 e. The zero-order chi connectivity index (χ0) is 23.0. The van der Waals surface area contributed by atoms with Gasteiger partial charge in [-0.05, 0) is 37.1 Å². The third kappa shape index (κ3) is 10.0. The molecule has 6 heteroatoms. The lowest BCUT2D eigenvalue weighted by molar-refractivity contribution is -0.135. The van der Waals surface area contributed by atoms with Crippen LogP contribution in [-0.2, 0) is 9.59 Å². The van der Waals surface area contributed by atoms with Crippen LogP contribution in [0.3, 0.4) is 0 Å². The fourth-order valence-corrected chi connectivity index (χ4v) is 3.30. The first-order valence-corrected chi connectivity index (χ1v) is 12.0. The van der Waals surface area contributed by atoms with E-state index in [0.717, 1.165) is 44.1 Å². The van der Waals surface area contributed by atoms with Crippen LogP contribution in [0, 0.1) is 0 Å². The average Bonchev–Trinajstić information content (AvgIpc) is 2.80. The highest BCUT2D eigenvalue weighted by Crippen LogP contribution is 2.21. The number of rotatable bonds is 15. The maximum Gasteiger partial charge on any atom is 0.311 e. The largest absolute Gasteiger partial charge is 0.427 e. The molecule has 0 amide bonds. The van der Waals surface area contributed by atoms with Gasteiger partial charge in [-0.25, -0.2) is 9.97 Å². The molecule has 0 bridgehead atoms. The minimum atomic E-state index is -0.255. The molecule has 0 fully saturated rings. The number of hydrogen-bond acceptors (Lipinski definition) is 6. The topological polar surface area (TPSA) is 78.4 Å². The predicted molar refractivity (Wildman–Crippen MR) is 125 cm³/mol. The minimum Gasteiger partial charge on any atom is -0.427 e. The maximum absolute atomic E-state index is 11.9. The molecule has 2 aromatic rings. The number of hydrogen-bond donors (Lipinski definition) is 0. The van der Waals surface area contributed by atoms with Gasteiger partial charge in [-0.15, -0.1) is 0 Å². The van der Waals surface area contributed by atoms with Crippen LogP contribution in [-0.4, -0.2) is 21.9 Å². The molecule has 0 aliphatic heterocycles. The molecular weight excluding hydrogens is 404 g/mol. The molecule has 0 unspecified atom stereocenters. The number of ether oxygens (including phenoxy) is 2. The SMILES string of the molecule is CCCCCCCC(=O)Oc1ccc(-c2ncc(OC(=O)CCCCCCC)cn2)cc1. The van der Waals surface area contributed by atoms with Crippen LogP contribution in [0.5, 0.6) is 11.5 Å². The van der Waals surface area contributed by atoms with Gasteiger partial charge in [0, 0.05) is 18.4 Å². The second kappa shape index (κ2) is 15.1. The number of carbonyl (C=O) groups excluding carboxylic acids is 2. The first-order chi connectivity index (χ1) is 15.6. The van der Waals surface area contributed by atoms with Crippen molar-refractivity contribution in [2.24, 2.45) is 0 Å². The second-order valence-electron chi connectivity index (χ2n) is 8.04. The van der Waals surface area contributed by atoms with E-state index in [4.69, 9.17) is 9.47 Å². The monoisotopic (exact) mass is 440 g/mol. The molecule has 0 aliphatic rings. The third-order valence-corrected chi connectivity index (χ3v) is 5.17. The fourth-order valence-electron chi connectivity index (χ4n) is 3.30. The summed E-state index contributed by atoms with van der Waals surface area (Å²) in [6.45, 7) is 4.33. The molecule has 32 heavy (non-hydrogen) atoms. The van der Waals surface area contributed by atoms with Crippen molar-refractivity contribution in [3.05, 3.63) is 36.7 Å². The van der Waals surface area contributed by atoms with Crippen LogP contribution in [0.4, 0.5) is 0 Å². The first-order valence-electron chi connectivity index (χ1n) is 12.0. The van der Waals surface area contributed by atoms with Crippen LogP contribution < -0.4 is 9.47 Å². The molecule has 0 aliphatic carbocycles. The molecule has 0 saturated carbocycles. The van der Waals surface area contributed by atoms with Crippen LogP contribution in [0.2, 0.25) is 0 Å². The maximum atomic E-state index is 11.9. The third-order valence-electron chi connectivity index (χ3n) is 5.17. The molecular formula is C26H36N2O4. The molecule has 6 nitrogen and oxygen atoms in total. The van der Waals surface area contributed by atoms with E-state index in [1.165, 1.54) is 38.1 Å². The minimum absolute atomic E-state index is 0.206. The van der Waals surface area contributed by atoms with Gasteiger partial charge >= 0.3 is 11.9 Å². The molecule has 0 radical (unpaired) electrons. The van der Waals surface area contributed by atoms with Gasteiger partial charge in [0.15, 0.2) is 11.6 Å². The van der Waals surface area contributed by atoms with Gasteiger partial charge in [-0.2, -0.15) is 0 Å². The van der Waals surface area contributed by atoms with Gasteiger partial charge in [-0.3, -0.25) is 9.59 Å². The number of unbranched alkanes of at least 4 members (excludes halogenated alkanes) is 8. The Bertz CT molecular complexity index is 734. The van der Waals surface area contributed by atoms with Crippen molar-refractivity contribution in [3.63, 3.8) is 0 Å². The normalized spacial score (nSPS) is 10.7. The van der Waals surface area contributed by atoms with Crippen molar-refractivity contribution < 1.29 is 19.1 Å².